The number of likely N-dealkylation sites (N-methyl/N-ethyl adjacent to an activating group) is 1. The highest BCUT2D eigenvalue weighted by molar-refractivity contribution is 5.90. The van der Waals surface area contributed by atoms with E-state index in [4.69, 9.17) is 4.74 Å². The van der Waals surface area contributed by atoms with Gasteiger partial charge < -0.3 is 9.64 Å². The lowest BCUT2D eigenvalue weighted by molar-refractivity contribution is -0.125. The normalized spacial score (nSPS) is 19.4. The number of ether oxygens (including phenoxy) is 1. The SMILES string of the molecule is CN1C(=O)C=C[C@H]1COCc1ccccc1. The molecule has 16 heavy (non-hydrogen) atoms. The quantitative estimate of drug-likeness (QED) is 0.766. The van der Waals surface area contributed by atoms with Crippen LogP contribution in [0.5, 0.6) is 0 Å². The molecule has 0 aliphatic carbocycles. The van der Waals surface area contributed by atoms with Crippen molar-refractivity contribution in [3.05, 3.63) is 48.0 Å². The van der Waals surface area contributed by atoms with E-state index in [1.807, 2.05) is 36.4 Å². The van der Waals surface area contributed by atoms with Crippen molar-refractivity contribution < 1.29 is 9.53 Å². The fraction of sp³-hybridized carbons (Fsp3) is 0.308. The Labute approximate surface area is 95.3 Å². The molecule has 0 saturated carbocycles. The lowest BCUT2D eigenvalue weighted by atomic mass is 10.2. The molecule has 1 aromatic carbocycles. The van der Waals surface area contributed by atoms with Gasteiger partial charge in [-0.2, -0.15) is 0 Å². The minimum absolute atomic E-state index is 0.0494. The van der Waals surface area contributed by atoms with Gasteiger partial charge >= 0.3 is 0 Å². The topological polar surface area (TPSA) is 29.5 Å². The monoisotopic (exact) mass is 217 g/mol. The molecule has 0 N–H and O–H groups in total. The zero-order valence-corrected chi connectivity index (χ0v) is 9.30. The molecule has 1 amide bonds. The second-order valence-electron chi connectivity index (χ2n) is 3.88. The van der Waals surface area contributed by atoms with Gasteiger partial charge in [0.15, 0.2) is 0 Å². The van der Waals surface area contributed by atoms with Crippen LogP contribution >= 0.6 is 0 Å². The van der Waals surface area contributed by atoms with Gasteiger partial charge in [0, 0.05) is 13.1 Å². The van der Waals surface area contributed by atoms with Gasteiger partial charge in [0.05, 0.1) is 19.3 Å². The smallest absolute Gasteiger partial charge is 0.246 e. The minimum atomic E-state index is 0.0494. The molecule has 1 atom stereocenters. The van der Waals surface area contributed by atoms with E-state index in [1.165, 1.54) is 0 Å². The largest absolute Gasteiger partial charge is 0.374 e. The fourth-order valence-electron chi connectivity index (χ4n) is 1.64. The number of carbonyl (C=O) groups is 1. The van der Waals surface area contributed by atoms with E-state index in [1.54, 1.807) is 18.0 Å². The van der Waals surface area contributed by atoms with E-state index >= 15 is 0 Å². The zero-order chi connectivity index (χ0) is 11.4. The summed E-state index contributed by atoms with van der Waals surface area (Å²) >= 11 is 0. The van der Waals surface area contributed by atoms with Gasteiger partial charge in [0.2, 0.25) is 5.91 Å². The van der Waals surface area contributed by atoms with Crippen molar-refractivity contribution in [2.75, 3.05) is 13.7 Å². The average molecular weight is 217 g/mol. The summed E-state index contributed by atoms with van der Waals surface area (Å²) in [4.78, 5) is 12.9. The van der Waals surface area contributed by atoms with Crippen molar-refractivity contribution in [2.45, 2.75) is 12.6 Å². The third kappa shape index (κ3) is 2.49. The number of hydrogen-bond donors (Lipinski definition) is 0. The number of rotatable bonds is 4. The van der Waals surface area contributed by atoms with Crippen LogP contribution < -0.4 is 0 Å². The zero-order valence-electron chi connectivity index (χ0n) is 9.30. The Morgan fingerprint density at radius 1 is 1.31 bits per heavy atom. The molecular weight excluding hydrogens is 202 g/mol. The van der Waals surface area contributed by atoms with Crippen molar-refractivity contribution in [1.29, 1.82) is 0 Å². The van der Waals surface area contributed by atoms with Crippen LogP contribution in [0.1, 0.15) is 5.56 Å². The Balaban J connectivity index is 1.77. The summed E-state index contributed by atoms with van der Waals surface area (Å²) in [6.07, 6.45) is 3.48. The Kier molecular flexibility index (Phi) is 3.37. The predicted molar refractivity (Wildman–Crippen MR) is 61.8 cm³/mol. The Morgan fingerprint density at radius 2 is 2.06 bits per heavy atom. The van der Waals surface area contributed by atoms with E-state index in [2.05, 4.69) is 0 Å². The van der Waals surface area contributed by atoms with Crippen LogP contribution in [-0.4, -0.2) is 30.5 Å². The van der Waals surface area contributed by atoms with E-state index in [-0.39, 0.29) is 11.9 Å². The Bertz CT molecular complexity index is 386. The number of hydrogen-bond acceptors (Lipinski definition) is 2. The molecular formula is C13H15NO2. The Hall–Kier alpha value is -1.61. The first kappa shape index (κ1) is 10.9. The van der Waals surface area contributed by atoms with Gasteiger partial charge in [-0.25, -0.2) is 0 Å². The summed E-state index contributed by atoms with van der Waals surface area (Å²) < 4.78 is 5.58. The molecule has 84 valence electrons. The van der Waals surface area contributed by atoms with Crippen molar-refractivity contribution in [3.8, 4) is 0 Å². The first-order valence-electron chi connectivity index (χ1n) is 5.34. The molecule has 0 radical (unpaired) electrons. The molecule has 1 aliphatic rings. The molecule has 1 heterocycles. The molecule has 3 nitrogen and oxygen atoms in total. The number of amides is 1. The van der Waals surface area contributed by atoms with Crippen LogP contribution in [0.2, 0.25) is 0 Å². The molecule has 1 aromatic rings. The highest BCUT2D eigenvalue weighted by Gasteiger charge is 2.21. The van der Waals surface area contributed by atoms with Crippen LogP contribution in [0.3, 0.4) is 0 Å². The first-order chi connectivity index (χ1) is 7.77. The summed E-state index contributed by atoms with van der Waals surface area (Å²) in [5.74, 6) is 0.0494. The minimum Gasteiger partial charge on any atom is -0.374 e. The maximum Gasteiger partial charge on any atom is 0.246 e. The van der Waals surface area contributed by atoms with E-state index in [0.717, 1.165) is 5.56 Å². The molecule has 2 rings (SSSR count). The molecule has 0 unspecified atom stereocenters. The summed E-state index contributed by atoms with van der Waals surface area (Å²) in [5.41, 5.74) is 1.15. The summed E-state index contributed by atoms with van der Waals surface area (Å²) in [6, 6.07) is 10.1. The van der Waals surface area contributed by atoms with E-state index in [0.29, 0.717) is 13.2 Å². The summed E-state index contributed by atoms with van der Waals surface area (Å²) in [6.45, 7) is 1.14. The number of carbonyl (C=O) groups excluding carboxylic acids is 1. The van der Waals surface area contributed by atoms with Crippen LogP contribution in [0.15, 0.2) is 42.5 Å². The highest BCUT2D eigenvalue weighted by atomic mass is 16.5. The summed E-state index contributed by atoms with van der Waals surface area (Å²) in [5, 5.41) is 0. The third-order valence-electron chi connectivity index (χ3n) is 2.71. The standard InChI is InChI=1S/C13H15NO2/c1-14-12(7-8-13(14)15)10-16-9-11-5-3-2-4-6-11/h2-8,12H,9-10H2,1H3/t12-/m0/s1. The van der Waals surface area contributed by atoms with Crippen molar-refractivity contribution in [3.63, 3.8) is 0 Å². The second-order valence-corrected chi connectivity index (χ2v) is 3.88. The predicted octanol–water partition coefficient (Wildman–Crippen LogP) is 1.60. The second kappa shape index (κ2) is 4.94. The summed E-state index contributed by atoms with van der Waals surface area (Å²) in [7, 11) is 1.79. The number of nitrogens with zero attached hydrogens (tertiary/aromatic N) is 1. The molecule has 3 heteroatoms. The van der Waals surface area contributed by atoms with Gasteiger partial charge in [0.1, 0.15) is 0 Å². The van der Waals surface area contributed by atoms with E-state index < -0.39 is 0 Å². The third-order valence-corrected chi connectivity index (χ3v) is 2.71. The first-order valence-corrected chi connectivity index (χ1v) is 5.34. The van der Waals surface area contributed by atoms with Crippen molar-refractivity contribution in [1.82, 2.24) is 4.90 Å². The van der Waals surface area contributed by atoms with Gasteiger partial charge in [-0.3, -0.25) is 4.79 Å². The molecule has 0 spiro atoms. The van der Waals surface area contributed by atoms with Crippen molar-refractivity contribution in [2.24, 2.45) is 0 Å². The molecule has 0 saturated heterocycles. The lowest BCUT2D eigenvalue weighted by Gasteiger charge is -2.19. The maximum absolute atomic E-state index is 11.2. The fourth-order valence-corrected chi connectivity index (χ4v) is 1.64. The molecule has 0 bridgehead atoms. The van der Waals surface area contributed by atoms with Gasteiger partial charge in [-0.1, -0.05) is 36.4 Å². The highest BCUT2D eigenvalue weighted by Crippen LogP contribution is 2.09. The Morgan fingerprint density at radius 3 is 2.69 bits per heavy atom. The average Bonchev–Trinajstić information content (AvgIpc) is 2.62. The van der Waals surface area contributed by atoms with E-state index in [9.17, 15) is 4.79 Å². The van der Waals surface area contributed by atoms with Crippen LogP contribution in [0.4, 0.5) is 0 Å². The van der Waals surface area contributed by atoms with Crippen LogP contribution in [0, 0.1) is 0 Å². The van der Waals surface area contributed by atoms with Gasteiger partial charge in [-0.15, -0.1) is 0 Å². The molecule has 0 aromatic heterocycles. The number of benzene rings is 1. The van der Waals surface area contributed by atoms with Gasteiger partial charge in [-0.05, 0) is 5.56 Å². The van der Waals surface area contributed by atoms with Crippen LogP contribution in [0.25, 0.3) is 0 Å². The van der Waals surface area contributed by atoms with Gasteiger partial charge in [0.25, 0.3) is 0 Å². The van der Waals surface area contributed by atoms with Crippen molar-refractivity contribution >= 4 is 5.91 Å². The molecule has 0 fully saturated rings. The lowest BCUT2D eigenvalue weighted by Crippen LogP contribution is -2.33. The maximum atomic E-state index is 11.2. The molecule has 1 aliphatic heterocycles. The van der Waals surface area contributed by atoms with Crippen LogP contribution in [-0.2, 0) is 16.1 Å².